The minimum atomic E-state index is 0.437. The van der Waals surface area contributed by atoms with Crippen molar-refractivity contribution in [3.05, 3.63) is 77.6 Å². The van der Waals surface area contributed by atoms with Crippen LogP contribution in [-0.2, 0) is 19.5 Å². The van der Waals surface area contributed by atoms with Gasteiger partial charge in [0.1, 0.15) is 23.7 Å². The molecule has 1 saturated heterocycles. The number of piperidine rings is 1. The molecule has 2 aliphatic rings. The molecule has 0 aliphatic carbocycles. The first-order valence-electron chi connectivity index (χ1n) is 12.3. The van der Waals surface area contributed by atoms with Crippen LogP contribution < -0.4 is 14.5 Å². The van der Waals surface area contributed by atoms with Crippen LogP contribution in [0.2, 0.25) is 0 Å². The van der Waals surface area contributed by atoms with E-state index < -0.39 is 0 Å². The molecule has 0 radical (unpaired) electrons. The van der Waals surface area contributed by atoms with Crippen molar-refractivity contribution in [1.29, 1.82) is 0 Å². The van der Waals surface area contributed by atoms with E-state index in [0.717, 1.165) is 56.5 Å². The van der Waals surface area contributed by atoms with Gasteiger partial charge in [-0.2, -0.15) is 0 Å². The van der Waals surface area contributed by atoms with E-state index in [1.54, 1.807) is 13.4 Å². The maximum Gasteiger partial charge on any atom is 0.137 e. The third kappa shape index (κ3) is 4.73. The molecular formula is C28H35N5O. The fraction of sp³-hybridized carbons (Fsp3) is 0.429. The molecular weight excluding hydrogens is 422 g/mol. The average molecular weight is 458 g/mol. The molecule has 34 heavy (non-hydrogen) atoms. The summed E-state index contributed by atoms with van der Waals surface area (Å²) in [5.41, 5.74) is 3.93. The largest absolute Gasteiger partial charge is 0.497 e. The molecule has 2 atom stereocenters. The predicted octanol–water partition coefficient (Wildman–Crippen LogP) is 4.39. The highest BCUT2D eigenvalue weighted by Crippen LogP contribution is 2.35. The number of methoxy groups -OCH3 is 1. The molecule has 1 aromatic heterocycles. The quantitative estimate of drug-likeness (QED) is 0.524. The number of hydrogen-bond acceptors (Lipinski definition) is 6. The van der Waals surface area contributed by atoms with Crippen LogP contribution in [0.5, 0.6) is 5.75 Å². The standard InChI is InChI=1S/C28H35N5O/c1-21-13-15-32(17-22-7-5-4-6-8-22)19-26(21)31(2)27-25-14-16-33(28(25)30-20-29-27)18-23-9-11-24(34-3)12-10-23/h4-12,20-21,26H,13-19H2,1-3H3/t21-,26+/m1/s1. The van der Waals surface area contributed by atoms with Crippen molar-refractivity contribution in [2.24, 2.45) is 5.92 Å². The topological polar surface area (TPSA) is 44.7 Å². The number of ether oxygens (including phenoxy) is 1. The number of aromatic nitrogens is 2. The van der Waals surface area contributed by atoms with Crippen molar-refractivity contribution < 1.29 is 4.74 Å². The molecule has 0 saturated carbocycles. The van der Waals surface area contributed by atoms with Gasteiger partial charge in [-0.3, -0.25) is 4.90 Å². The zero-order valence-corrected chi connectivity index (χ0v) is 20.5. The van der Waals surface area contributed by atoms with E-state index in [-0.39, 0.29) is 0 Å². The molecule has 0 amide bonds. The highest BCUT2D eigenvalue weighted by atomic mass is 16.5. The minimum Gasteiger partial charge on any atom is -0.497 e. The number of nitrogens with zero attached hydrogens (tertiary/aromatic N) is 5. The van der Waals surface area contributed by atoms with Crippen molar-refractivity contribution in [3.8, 4) is 5.75 Å². The number of benzene rings is 2. The molecule has 0 bridgehead atoms. The van der Waals surface area contributed by atoms with E-state index in [4.69, 9.17) is 14.7 Å². The second kappa shape index (κ2) is 10.0. The van der Waals surface area contributed by atoms with Gasteiger partial charge in [0.15, 0.2) is 0 Å². The lowest BCUT2D eigenvalue weighted by molar-refractivity contribution is 0.159. The Balaban J connectivity index is 1.31. The Morgan fingerprint density at radius 1 is 0.971 bits per heavy atom. The van der Waals surface area contributed by atoms with Gasteiger partial charge < -0.3 is 14.5 Å². The third-order valence-corrected chi connectivity index (χ3v) is 7.45. The average Bonchev–Trinajstić information content (AvgIpc) is 3.29. The molecule has 3 heterocycles. The van der Waals surface area contributed by atoms with Crippen molar-refractivity contribution in [2.45, 2.75) is 38.9 Å². The Kier molecular flexibility index (Phi) is 6.68. The Morgan fingerprint density at radius 2 is 1.74 bits per heavy atom. The lowest BCUT2D eigenvalue weighted by Crippen LogP contribution is -2.51. The van der Waals surface area contributed by atoms with Crippen LogP contribution in [0.1, 0.15) is 30.0 Å². The molecule has 1 fully saturated rings. The van der Waals surface area contributed by atoms with E-state index in [2.05, 4.69) is 71.1 Å². The van der Waals surface area contributed by atoms with E-state index >= 15 is 0 Å². The van der Waals surface area contributed by atoms with Crippen molar-refractivity contribution in [3.63, 3.8) is 0 Å². The van der Waals surface area contributed by atoms with Crippen LogP contribution in [-0.4, -0.2) is 54.7 Å². The molecule has 6 nitrogen and oxygen atoms in total. The van der Waals surface area contributed by atoms with Crippen molar-refractivity contribution in [2.75, 3.05) is 43.6 Å². The summed E-state index contributed by atoms with van der Waals surface area (Å²) in [7, 11) is 3.93. The maximum atomic E-state index is 5.30. The van der Waals surface area contributed by atoms with Gasteiger partial charge in [0.2, 0.25) is 0 Å². The lowest BCUT2D eigenvalue weighted by atomic mass is 9.91. The maximum absolute atomic E-state index is 5.30. The van der Waals surface area contributed by atoms with Gasteiger partial charge in [0, 0.05) is 44.8 Å². The fourth-order valence-electron chi connectivity index (χ4n) is 5.41. The van der Waals surface area contributed by atoms with Gasteiger partial charge in [0.05, 0.1) is 7.11 Å². The molecule has 0 spiro atoms. The van der Waals surface area contributed by atoms with Crippen LogP contribution >= 0.6 is 0 Å². The highest BCUT2D eigenvalue weighted by molar-refractivity contribution is 5.63. The number of likely N-dealkylation sites (N-methyl/N-ethyl adjacent to an activating group) is 1. The number of likely N-dealkylation sites (tertiary alicyclic amines) is 1. The number of hydrogen-bond donors (Lipinski definition) is 0. The first-order valence-corrected chi connectivity index (χ1v) is 12.3. The van der Waals surface area contributed by atoms with Gasteiger partial charge in [-0.05, 0) is 48.6 Å². The summed E-state index contributed by atoms with van der Waals surface area (Å²) in [5, 5.41) is 0. The van der Waals surface area contributed by atoms with Crippen LogP contribution in [0.15, 0.2) is 60.9 Å². The summed E-state index contributed by atoms with van der Waals surface area (Å²) in [6.45, 7) is 7.43. The monoisotopic (exact) mass is 457 g/mol. The minimum absolute atomic E-state index is 0.437. The Morgan fingerprint density at radius 3 is 2.50 bits per heavy atom. The normalized spacial score (nSPS) is 20.3. The molecule has 2 aliphatic heterocycles. The smallest absolute Gasteiger partial charge is 0.137 e. The van der Waals surface area contributed by atoms with Gasteiger partial charge in [-0.1, -0.05) is 49.4 Å². The van der Waals surface area contributed by atoms with Crippen LogP contribution in [0.4, 0.5) is 11.6 Å². The zero-order chi connectivity index (χ0) is 23.5. The summed E-state index contributed by atoms with van der Waals surface area (Å²) in [6, 6.07) is 19.6. The summed E-state index contributed by atoms with van der Waals surface area (Å²) >= 11 is 0. The SMILES string of the molecule is COc1ccc(CN2CCc3c2ncnc3N(C)[C@H]2CN(Cc3ccccc3)CC[C@H]2C)cc1. The van der Waals surface area contributed by atoms with E-state index in [0.29, 0.717) is 12.0 Å². The summed E-state index contributed by atoms with van der Waals surface area (Å²) in [5.74, 6) is 3.69. The second-order valence-corrected chi connectivity index (χ2v) is 9.68. The summed E-state index contributed by atoms with van der Waals surface area (Å²) in [6.07, 6.45) is 3.94. The molecule has 0 unspecified atom stereocenters. The van der Waals surface area contributed by atoms with Gasteiger partial charge in [-0.15, -0.1) is 0 Å². The summed E-state index contributed by atoms with van der Waals surface area (Å²) in [4.78, 5) is 16.9. The van der Waals surface area contributed by atoms with E-state index in [1.807, 2.05) is 12.1 Å². The predicted molar refractivity (Wildman–Crippen MR) is 137 cm³/mol. The Hall–Kier alpha value is -3.12. The van der Waals surface area contributed by atoms with Crippen molar-refractivity contribution >= 4 is 11.6 Å². The van der Waals surface area contributed by atoms with Crippen LogP contribution in [0, 0.1) is 5.92 Å². The van der Waals surface area contributed by atoms with Gasteiger partial charge in [-0.25, -0.2) is 9.97 Å². The first-order chi connectivity index (χ1) is 16.6. The van der Waals surface area contributed by atoms with E-state index in [1.165, 1.54) is 23.1 Å². The molecule has 6 heteroatoms. The second-order valence-electron chi connectivity index (χ2n) is 9.68. The van der Waals surface area contributed by atoms with Crippen LogP contribution in [0.3, 0.4) is 0 Å². The number of fused-ring (bicyclic) bond motifs is 1. The first kappa shape index (κ1) is 22.7. The lowest BCUT2D eigenvalue weighted by Gasteiger charge is -2.42. The Bertz CT molecular complexity index is 1090. The fourth-order valence-corrected chi connectivity index (χ4v) is 5.41. The zero-order valence-electron chi connectivity index (χ0n) is 20.5. The highest BCUT2D eigenvalue weighted by Gasteiger charge is 2.33. The molecule has 0 N–H and O–H groups in total. The van der Waals surface area contributed by atoms with Gasteiger partial charge in [0.25, 0.3) is 0 Å². The molecule has 178 valence electrons. The Labute approximate surface area is 203 Å². The molecule has 3 aromatic rings. The van der Waals surface area contributed by atoms with Gasteiger partial charge >= 0.3 is 0 Å². The number of rotatable bonds is 7. The van der Waals surface area contributed by atoms with E-state index in [9.17, 15) is 0 Å². The third-order valence-electron chi connectivity index (χ3n) is 7.45. The molecule has 5 rings (SSSR count). The number of anilines is 2. The summed E-state index contributed by atoms with van der Waals surface area (Å²) < 4.78 is 5.30. The molecule has 2 aromatic carbocycles. The van der Waals surface area contributed by atoms with Crippen LogP contribution in [0.25, 0.3) is 0 Å². The van der Waals surface area contributed by atoms with Crippen molar-refractivity contribution in [1.82, 2.24) is 14.9 Å².